The highest BCUT2D eigenvalue weighted by molar-refractivity contribution is 4.88. The summed E-state index contributed by atoms with van der Waals surface area (Å²) in [6, 6.07) is 0. The van der Waals surface area contributed by atoms with E-state index in [9.17, 15) is 5.11 Å². The molecule has 0 aromatic carbocycles. The third-order valence-electron chi connectivity index (χ3n) is 2.44. The summed E-state index contributed by atoms with van der Waals surface area (Å²) in [6.07, 6.45) is 3.55. The highest BCUT2D eigenvalue weighted by atomic mass is 16.3. The molecule has 0 spiro atoms. The molecule has 0 aromatic heterocycles. The Labute approximate surface area is 61.6 Å². The highest BCUT2D eigenvalue weighted by Gasteiger charge is 2.35. The first-order chi connectivity index (χ1) is 4.67. The van der Waals surface area contributed by atoms with Crippen LogP contribution in [0.4, 0.5) is 0 Å². The summed E-state index contributed by atoms with van der Waals surface area (Å²) in [5.41, 5.74) is 1.92. The standard InChI is InChI=1S/C7H16N2O/c1-7(10,5-9-8)6-3-2-4-6/h6,9-10H,2-5,8H2,1H3. The number of rotatable bonds is 3. The van der Waals surface area contributed by atoms with Gasteiger partial charge in [-0.3, -0.25) is 11.3 Å². The van der Waals surface area contributed by atoms with E-state index in [1.807, 2.05) is 6.92 Å². The van der Waals surface area contributed by atoms with Gasteiger partial charge in [0.2, 0.25) is 0 Å². The number of nitrogens with one attached hydrogen (secondary N) is 1. The molecule has 1 rings (SSSR count). The van der Waals surface area contributed by atoms with E-state index >= 15 is 0 Å². The van der Waals surface area contributed by atoms with Gasteiger partial charge in [0.05, 0.1) is 5.60 Å². The topological polar surface area (TPSA) is 58.3 Å². The van der Waals surface area contributed by atoms with Gasteiger partial charge in [0.25, 0.3) is 0 Å². The van der Waals surface area contributed by atoms with E-state index in [4.69, 9.17) is 5.84 Å². The van der Waals surface area contributed by atoms with Crippen LogP contribution in [0.5, 0.6) is 0 Å². The van der Waals surface area contributed by atoms with Crippen LogP contribution in [0.3, 0.4) is 0 Å². The normalized spacial score (nSPS) is 25.5. The fourth-order valence-electron chi connectivity index (χ4n) is 1.38. The number of hydrazine groups is 1. The molecule has 4 N–H and O–H groups in total. The molecule has 0 saturated heterocycles. The van der Waals surface area contributed by atoms with Gasteiger partial charge in [-0.2, -0.15) is 0 Å². The minimum atomic E-state index is -0.590. The van der Waals surface area contributed by atoms with Gasteiger partial charge in [-0.1, -0.05) is 6.42 Å². The zero-order chi connectivity index (χ0) is 7.61. The van der Waals surface area contributed by atoms with Crippen LogP contribution in [0.15, 0.2) is 0 Å². The van der Waals surface area contributed by atoms with Crippen LogP contribution in [0.25, 0.3) is 0 Å². The van der Waals surface area contributed by atoms with E-state index in [1.165, 1.54) is 6.42 Å². The minimum absolute atomic E-state index is 0.462. The molecule has 1 aliphatic rings. The molecule has 1 unspecified atom stereocenters. The Morgan fingerprint density at radius 1 is 1.70 bits per heavy atom. The van der Waals surface area contributed by atoms with Gasteiger partial charge in [-0.15, -0.1) is 0 Å². The van der Waals surface area contributed by atoms with E-state index in [2.05, 4.69) is 5.43 Å². The van der Waals surface area contributed by atoms with Crippen LogP contribution in [0.2, 0.25) is 0 Å². The molecular weight excluding hydrogens is 128 g/mol. The van der Waals surface area contributed by atoms with Crippen molar-refractivity contribution >= 4 is 0 Å². The second-order valence-corrected chi connectivity index (χ2v) is 3.37. The summed E-state index contributed by atoms with van der Waals surface area (Å²) < 4.78 is 0. The van der Waals surface area contributed by atoms with Gasteiger partial charge in [0.15, 0.2) is 0 Å². The molecule has 0 aromatic rings. The number of aliphatic hydroxyl groups is 1. The second kappa shape index (κ2) is 2.86. The molecule has 0 radical (unpaired) electrons. The Kier molecular flexibility index (Phi) is 2.28. The van der Waals surface area contributed by atoms with Crippen molar-refractivity contribution in [1.29, 1.82) is 0 Å². The van der Waals surface area contributed by atoms with Gasteiger partial charge in [0, 0.05) is 6.54 Å². The Balaban J connectivity index is 2.33. The van der Waals surface area contributed by atoms with Crippen LogP contribution < -0.4 is 11.3 Å². The summed E-state index contributed by atoms with van der Waals surface area (Å²) in [6.45, 7) is 2.34. The molecule has 3 heteroatoms. The molecule has 0 aliphatic heterocycles. The lowest BCUT2D eigenvalue weighted by Gasteiger charge is -2.38. The number of nitrogens with two attached hydrogens (primary N) is 1. The SMILES string of the molecule is CC(O)(CNN)C1CCC1. The summed E-state index contributed by atoms with van der Waals surface area (Å²) in [5.74, 6) is 5.58. The smallest absolute Gasteiger partial charge is 0.0785 e. The summed E-state index contributed by atoms with van der Waals surface area (Å²) in [5, 5.41) is 9.69. The van der Waals surface area contributed by atoms with Gasteiger partial charge >= 0.3 is 0 Å². The Morgan fingerprint density at radius 3 is 2.60 bits per heavy atom. The fraction of sp³-hybridized carbons (Fsp3) is 1.00. The van der Waals surface area contributed by atoms with Crippen molar-refractivity contribution in [3.05, 3.63) is 0 Å². The van der Waals surface area contributed by atoms with Gasteiger partial charge < -0.3 is 5.11 Å². The molecule has 0 bridgehead atoms. The predicted molar refractivity (Wildman–Crippen MR) is 40.2 cm³/mol. The first kappa shape index (κ1) is 7.98. The summed E-state index contributed by atoms with van der Waals surface area (Å²) in [4.78, 5) is 0. The van der Waals surface area contributed by atoms with E-state index in [-0.39, 0.29) is 0 Å². The Bertz CT molecular complexity index is 110. The highest BCUT2D eigenvalue weighted by Crippen LogP contribution is 2.35. The average Bonchev–Trinajstić information content (AvgIpc) is 1.56. The zero-order valence-electron chi connectivity index (χ0n) is 6.43. The van der Waals surface area contributed by atoms with Crippen LogP contribution in [0, 0.1) is 5.92 Å². The van der Waals surface area contributed by atoms with E-state index in [0.717, 1.165) is 12.8 Å². The minimum Gasteiger partial charge on any atom is -0.389 e. The van der Waals surface area contributed by atoms with Crippen molar-refractivity contribution in [3.8, 4) is 0 Å². The Hall–Kier alpha value is -0.120. The lowest BCUT2D eigenvalue weighted by atomic mass is 9.74. The van der Waals surface area contributed by atoms with Gasteiger partial charge in [0.1, 0.15) is 0 Å². The second-order valence-electron chi connectivity index (χ2n) is 3.37. The monoisotopic (exact) mass is 144 g/mol. The zero-order valence-corrected chi connectivity index (χ0v) is 6.43. The molecule has 10 heavy (non-hydrogen) atoms. The van der Waals surface area contributed by atoms with Crippen molar-refractivity contribution in [3.63, 3.8) is 0 Å². The molecule has 1 aliphatic carbocycles. The summed E-state index contributed by atoms with van der Waals surface area (Å²) >= 11 is 0. The molecule has 3 nitrogen and oxygen atoms in total. The quantitative estimate of drug-likeness (QED) is 0.386. The first-order valence-electron chi connectivity index (χ1n) is 3.82. The van der Waals surface area contributed by atoms with Crippen molar-refractivity contribution in [1.82, 2.24) is 5.43 Å². The van der Waals surface area contributed by atoms with Crippen molar-refractivity contribution < 1.29 is 5.11 Å². The molecule has 0 amide bonds. The molecule has 1 fully saturated rings. The van der Waals surface area contributed by atoms with Gasteiger partial charge in [-0.05, 0) is 25.7 Å². The number of hydrogen-bond donors (Lipinski definition) is 3. The maximum atomic E-state index is 9.69. The third kappa shape index (κ3) is 1.48. The molecule has 1 saturated carbocycles. The fourth-order valence-corrected chi connectivity index (χ4v) is 1.38. The first-order valence-corrected chi connectivity index (χ1v) is 3.82. The van der Waals surface area contributed by atoms with Crippen LogP contribution in [-0.4, -0.2) is 17.3 Å². The third-order valence-corrected chi connectivity index (χ3v) is 2.44. The van der Waals surface area contributed by atoms with Crippen LogP contribution in [-0.2, 0) is 0 Å². The maximum Gasteiger partial charge on any atom is 0.0785 e. The molecule has 0 heterocycles. The van der Waals surface area contributed by atoms with Crippen LogP contribution >= 0.6 is 0 Å². The number of hydrogen-bond acceptors (Lipinski definition) is 3. The predicted octanol–water partition coefficient (Wildman–Crippen LogP) is 0.000800. The van der Waals surface area contributed by atoms with Gasteiger partial charge in [-0.25, -0.2) is 0 Å². The van der Waals surface area contributed by atoms with Crippen molar-refractivity contribution in [2.75, 3.05) is 6.54 Å². The average molecular weight is 144 g/mol. The van der Waals surface area contributed by atoms with E-state index in [1.54, 1.807) is 0 Å². The van der Waals surface area contributed by atoms with E-state index in [0.29, 0.717) is 12.5 Å². The largest absolute Gasteiger partial charge is 0.389 e. The maximum absolute atomic E-state index is 9.69. The molecular formula is C7H16N2O. The van der Waals surface area contributed by atoms with Crippen molar-refractivity contribution in [2.45, 2.75) is 31.8 Å². The lowest BCUT2D eigenvalue weighted by molar-refractivity contribution is -0.0328. The molecule has 60 valence electrons. The summed E-state index contributed by atoms with van der Waals surface area (Å²) in [7, 11) is 0. The lowest BCUT2D eigenvalue weighted by Crippen LogP contribution is -2.48. The van der Waals surface area contributed by atoms with E-state index < -0.39 is 5.60 Å². The van der Waals surface area contributed by atoms with Crippen LogP contribution in [0.1, 0.15) is 26.2 Å². The van der Waals surface area contributed by atoms with Crippen molar-refractivity contribution in [2.24, 2.45) is 11.8 Å². The Morgan fingerprint density at radius 2 is 2.30 bits per heavy atom. The molecule has 1 atom stereocenters.